The van der Waals surface area contributed by atoms with Gasteiger partial charge in [-0.2, -0.15) is 0 Å². The third kappa shape index (κ3) is 5.88. The van der Waals surface area contributed by atoms with E-state index in [0.717, 1.165) is 35.7 Å². The number of halogens is 1. The molecule has 0 saturated carbocycles. The molecule has 1 unspecified atom stereocenters. The molecule has 158 valence electrons. The van der Waals surface area contributed by atoms with E-state index < -0.39 is 0 Å². The first-order chi connectivity index (χ1) is 14.2. The largest absolute Gasteiger partial charge is 0.358 e. The number of anilines is 2. The fourth-order valence-corrected chi connectivity index (χ4v) is 3.70. The molecule has 2 aromatic rings. The van der Waals surface area contributed by atoms with Gasteiger partial charge in [0.25, 0.3) is 0 Å². The summed E-state index contributed by atoms with van der Waals surface area (Å²) in [5, 5.41) is 3.56. The van der Waals surface area contributed by atoms with Crippen molar-refractivity contribution in [3.8, 4) is 0 Å². The second-order valence-electron chi connectivity index (χ2n) is 7.67. The summed E-state index contributed by atoms with van der Waals surface area (Å²) in [6, 6.07) is 15.0. The van der Waals surface area contributed by atoms with Crippen LogP contribution in [0.1, 0.15) is 30.0 Å². The lowest BCUT2D eigenvalue weighted by molar-refractivity contribution is 0.672. The zero-order valence-electron chi connectivity index (χ0n) is 18.6. The van der Waals surface area contributed by atoms with Crippen LogP contribution in [0.5, 0.6) is 0 Å². The molecule has 0 amide bonds. The van der Waals surface area contributed by atoms with Crippen molar-refractivity contribution < 1.29 is 0 Å². The number of benzene rings is 2. The number of nitrogens with zero attached hydrogens (tertiary/aromatic N) is 1. The zero-order chi connectivity index (χ0) is 22.3. The maximum Gasteiger partial charge on any atom is 0.0789 e. The van der Waals surface area contributed by atoms with E-state index in [4.69, 9.17) is 0 Å². The van der Waals surface area contributed by atoms with Crippen molar-refractivity contribution in [2.24, 2.45) is 0 Å². The third-order valence-electron chi connectivity index (χ3n) is 5.47. The average molecular weight is 512 g/mol. The van der Waals surface area contributed by atoms with Crippen molar-refractivity contribution in [1.29, 1.82) is 0 Å². The number of rotatable bonds is 10. The zero-order valence-corrected chi connectivity index (χ0v) is 20.8. The van der Waals surface area contributed by atoms with Gasteiger partial charge in [-0.3, -0.25) is 0 Å². The summed E-state index contributed by atoms with van der Waals surface area (Å²) in [6.45, 7) is 21.7. The number of alkyl halides is 1. The Balaban J connectivity index is 2.37. The molecule has 0 heterocycles. The summed E-state index contributed by atoms with van der Waals surface area (Å²) in [6.07, 6.45) is 6.62. The van der Waals surface area contributed by atoms with Crippen LogP contribution < -0.4 is 10.2 Å². The van der Waals surface area contributed by atoms with Gasteiger partial charge in [0.05, 0.1) is 3.42 Å². The lowest BCUT2D eigenvalue weighted by atomic mass is 10.00. The SMILES string of the molecule is C=C/C=C(\C=C)N(CC(I)(CC)C(=C)Nc1ccc(C)c(C)c1)c1ccc(C)cc1. The fraction of sp³-hybridized carbons (Fsp3) is 0.259. The first-order valence-electron chi connectivity index (χ1n) is 10.3. The van der Waals surface area contributed by atoms with Gasteiger partial charge in [-0.25, -0.2) is 0 Å². The van der Waals surface area contributed by atoms with Crippen LogP contribution in [0.2, 0.25) is 0 Å². The second-order valence-corrected chi connectivity index (χ2v) is 9.74. The van der Waals surface area contributed by atoms with Gasteiger partial charge in [0.2, 0.25) is 0 Å². The molecular formula is C27H33IN2. The Morgan fingerprint density at radius 3 is 2.27 bits per heavy atom. The van der Waals surface area contributed by atoms with Crippen molar-refractivity contribution in [1.82, 2.24) is 0 Å². The Morgan fingerprint density at radius 2 is 1.73 bits per heavy atom. The Bertz CT molecular complexity index is 940. The van der Waals surface area contributed by atoms with Gasteiger partial charge in [-0.15, -0.1) is 0 Å². The van der Waals surface area contributed by atoms with Crippen LogP contribution in [-0.2, 0) is 0 Å². The number of nitrogens with one attached hydrogen (secondary N) is 1. The normalized spacial score (nSPS) is 13.3. The molecule has 1 atom stereocenters. The number of hydrogen-bond acceptors (Lipinski definition) is 2. The van der Waals surface area contributed by atoms with Crippen LogP contribution in [0.25, 0.3) is 0 Å². The molecule has 0 aromatic heterocycles. The van der Waals surface area contributed by atoms with Crippen LogP contribution in [0.15, 0.2) is 91.8 Å². The van der Waals surface area contributed by atoms with Gasteiger partial charge in [-0.05, 0) is 74.7 Å². The molecule has 0 bridgehead atoms. The highest BCUT2D eigenvalue weighted by molar-refractivity contribution is 14.1. The van der Waals surface area contributed by atoms with Crippen LogP contribution in [0.4, 0.5) is 11.4 Å². The minimum absolute atomic E-state index is 0.190. The molecule has 2 nitrogen and oxygen atoms in total. The summed E-state index contributed by atoms with van der Waals surface area (Å²) >= 11 is 2.54. The summed E-state index contributed by atoms with van der Waals surface area (Å²) in [4.78, 5) is 2.29. The standard InChI is InChI=1S/C27H33IN2/c1-8-11-25(9-2)30(26-16-12-20(4)13-17-26)19-27(28,10-3)23(7)29-24-15-14-21(5)22(6)18-24/h8-9,11-18,29H,1-2,7,10,19H2,3-6H3/b25-11+. The van der Waals surface area contributed by atoms with E-state index in [1.807, 2.05) is 12.2 Å². The summed E-state index contributed by atoms with van der Waals surface area (Å²) in [5.74, 6) is 0. The fourth-order valence-electron chi connectivity index (χ4n) is 3.22. The van der Waals surface area contributed by atoms with Crippen molar-refractivity contribution in [3.05, 3.63) is 109 Å². The van der Waals surface area contributed by atoms with Crippen molar-refractivity contribution >= 4 is 34.0 Å². The van der Waals surface area contributed by atoms with E-state index in [0.29, 0.717) is 0 Å². The topological polar surface area (TPSA) is 15.3 Å². The molecule has 30 heavy (non-hydrogen) atoms. The van der Waals surface area contributed by atoms with Crippen molar-refractivity contribution in [3.63, 3.8) is 0 Å². The molecule has 3 heteroatoms. The van der Waals surface area contributed by atoms with E-state index in [1.165, 1.54) is 16.7 Å². The molecule has 0 fully saturated rings. The first kappa shape index (κ1) is 24.0. The monoisotopic (exact) mass is 512 g/mol. The van der Waals surface area contributed by atoms with Crippen LogP contribution in [-0.4, -0.2) is 9.97 Å². The molecule has 0 saturated heterocycles. The van der Waals surface area contributed by atoms with Gasteiger partial charge in [0, 0.05) is 29.3 Å². The quantitative estimate of drug-likeness (QED) is 0.198. The van der Waals surface area contributed by atoms with Gasteiger partial charge in [0.1, 0.15) is 0 Å². The van der Waals surface area contributed by atoms with Crippen molar-refractivity contribution in [2.45, 2.75) is 37.5 Å². The Kier molecular flexibility index (Phi) is 8.54. The van der Waals surface area contributed by atoms with E-state index >= 15 is 0 Å². The molecular weight excluding hydrogens is 479 g/mol. The second kappa shape index (κ2) is 10.7. The highest BCUT2D eigenvalue weighted by atomic mass is 127. The van der Waals surface area contributed by atoms with Crippen molar-refractivity contribution in [2.75, 3.05) is 16.8 Å². The van der Waals surface area contributed by atoms with Crippen LogP contribution >= 0.6 is 22.6 Å². The highest BCUT2D eigenvalue weighted by Gasteiger charge is 2.32. The van der Waals surface area contributed by atoms with E-state index in [-0.39, 0.29) is 3.42 Å². The van der Waals surface area contributed by atoms with E-state index in [1.54, 1.807) is 6.08 Å². The van der Waals surface area contributed by atoms with Gasteiger partial charge in [0.15, 0.2) is 0 Å². The Labute approximate surface area is 196 Å². The maximum atomic E-state index is 4.43. The molecule has 2 rings (SSSR count). The summed E-state index contributed by atoms with van der Waals surface area (Å²) in [5.41, 5.74) is 8.01. The third-order valence-corrected chi connectivity index (χ3v) is 7.22. The number of hydrogen-bond donors (Lipinski definition) is 1. The van der Waals surface area contributed by atoms with E-state index in [2.05, 4.69) is 123 Å². The Hall–Kier alpha value is -2.27. The average Bonchev–Trinajstić information content (AvgIpc) is 2.73. The number of allylic oxidation sites excluding steroid dienone is 3. The van der Waals surface area contributed by atoms with E-state index in [9.17, 15) is 0 Å². The lowest BCUT2D eigenvalue weighted by Crippen LogP contribution is -2.40. The highest BCUT2D eigenvalue weighted by Crippen LogP contribution is 2.36. The number of aryl methyl sites for hydroxylation is 3. The van der Waals surface area contributed by atoms with Crippen LogP contribution in [0.3, 0.4) is 0 Å². The predicted molar refractivity (Wildman–Crippen MR) is 143 cm³/mol. The molecule has 0 radical (unpaired) electrons. The molecule has 0 aliphatic carbocycles. The summed E-state index contributed by atoms with van der Waals surface area (Å²) in [7, 11) is 0. The molecule has 0 aliphatic rings. The van der Waals surface area contributed by atoms with Gasteiger partial charge < -0.3 is 10.2 Å². The minimum atomic E-state index is -0.190. The van der Waals surface area contributed by atoms with Gasteiger partial charge in [-0.1, -0.05) is 79.1 Å². The molecule has 0 spiro atoms. The van der Waals surface area contributed by atoms with Crippen LogP contribution in [0, 0.1) is 20.8 Å². The first-order valence-corrected chi connectivity index (χ1v) is 11.3. The minimum Gasteiger partial charge on any atom is -0.358 e. The maximum absolute atomic E-state index is 4.43. The predicted octanol–water partition coefficient (Wildman–Crippen LogP) is 7.88. The lowest BCUT2D eigenvalue weighted by Gasteiger charge is -2.37. The summed E-state index contributed by atoms with van der Waals surface area (Å²) < 4.78 is -0.190. The molecule has 0 aliphatic heterocycles. The smallest absolute Gasteiger partial charge is 0.0789 e. The Morgan fingerprint density at radius 1 is 1.07 bits per heavy atom. The molecule has 1 N–H and O–H groups in total. The van der Waals surface area contributed by atoms with Gasteiger partial charge >= 0.3 is 0 Å². The molecule has 2 aromatic carbocycles.